The van der Waals surface area contributed by atoms with Gasteiger partial charge in [0.15, 0.2) is 11.6 Å². The summed E-state index contributed by atoms with van der Waals surface area (Å²) in [6.07, 6.45) is 1.79. The molecule has 0 spiro atoms. The van der Waals surface area contributed by atoms with Crippen molar-refractivity contribution in [2.24, 2.45) is 10.8 Å². The van der Waals surface area contributed by atoms with Crippen molar-refractivity contribution in [1.82, 2.24) is 24.1 Å². The number of aromatic amines is 1. The summed E-state index contributed by atoms with van der Waals surface area (Å²) in [4.78, 5) is 27.4. The van der Waals surface area contributed by atoms with Crippen LogP contribution in [0.3, 0.4) is 0 Å². The Hall–Kier alpha value is -4.11. The highest BCUT2D eigenvalue weighted by molar-refractivity contribution is 6.14. The van der Waals surface area contributed by atoms with Crippen LogP contribution in [0.5, 0.6) is 5.75 Å². The van der Waals surface area contributed by atoms with Gasteiger partial charge < -0.3 is 23.5 Å². The molecule has 0 radical (unpaired) electrons. The van der Waals surface area contributed by atoms with E-state index >= 15 is 0 Å². The van der Waals surface area contributed by atoms with Crippen molar-refractivity contribution < 1.29 is 18.6 Å². The number of imidazole rings is 1. The van der Waals surface area contributed by atoms with Gasteiger partial charge in [-0.2, -0.15) is 4.98 Å². The Bertz CT molecular complexity index is 1550. The lowest BCUT2D eigenvalue weighted by Gasteiger charge is -2.36. The number of aromatic nitrogens is 4. The number of methoxy groups -OCH3 is 2. The van der Waals surface area contributed by atoms with Crippen molar-refractivity contribution in [1.29, 1.82) is 0 Å². The minimum absolute atomic E-state index is 0.240. The van der Waals surface area contributed by atoms with E-state index in [0.29, 0.717) is 68.1 Å². The number of hydrogen-bond donors (Lipinski definition) is 2. The number of hydrazine groups is 1. The first-order chi connectivity index (χ1) is 20.6. The molecule has 2 aliphatic heterocycles. The van der Waals surface area contributed by atoms with Crippen molar-refractivity contribution in [3.63, 3.8) is 0 Å². The van der Waals surface area contributed by atoms with Crippen LogP contribution in [0, 0.1) is 0 Å². The number of anilines is 2. The summed E-state index contributed by atoms with van der Waals surface area (Å²) in [6.45, 7) is 6.35. The predicted octanol–water partition coefficient (Wildman–Crippen LogP) is 1.16. The zero-order valence-electron chi connectivity index (χ0n) is 23.9. The molecule has 3 aromatic heterocycles. The molecule has 14 heteroatoms. The molecule has 42 heavy (non-hydrogen) atoms. The summed E-state index contributed by atoms with van der Waals surface area (Å²) < 4.78 is 25.0. The molecule has 2 aliphatic rings. The van der Waals surface area contributed by atoms with Crippen molar-refractivity contribution in [2.75, 3.05) is 76.7 Å². The minimum Gasteiger partial charge on any atom is -0.491 e. The molecule has 1 fully saturated rings. The van der Waals surface area contributed by atoms with Gasteiger partial charge in [0, 0.05) is 65.6 Å². The summed E-state index contributed by atoms with van der Waals surface area (Å²) in [5.74, 6) is 8.91. The van der Waals surface area contributed by atoms with Crippen molar-refractivity contribution in [3.05, 3.63) is 64.6 Å². The number of nitrogens with one attached hydrogen (secondary N) is 1. The average Bonchev–Trinajstić information content (AvgIpc) is 3.74. The highest BCUT2D eigenvalue weighted by Crippen LogP contribution is 2.30. The number of rotatable bonds is 12. The van der Waals surface area contributed by atoms with Crippen LogP contribution in [0.25, 0.3) is 5.78 Å². The molecule has 0 amide bonds. The summed E-state index contributed by atoms with van der Waals surface area (Å²) in [6, 6.07) is 11.8. The van der Waals surface area contributed by atoms with Crippen LogP contribution in [0.4, 0.5) is 11.5 Å². The number of fused-ring (bicyclic) bond motifs is 3. The van der Waals surface area contributed by atoms with E-state index in [0.717, 1.165) is 31.9 Å². The fourth-order valence-corrected chi connectivity index (χ4v) is 5.43. The third-order valence-electron chi connectivity index (χ3n) is 7.71. The van der Waals surface area contributed by atoms with Crippen LogP contribution in [-0.4, -0.2) is 103 Å². The van der Waals surface area contributed by atoms with Gasteiger partial charge in [-0.1, -0.05) is 0 Å². The van der Waals surface area contributed by atoms with Crippen molar-refractivity contribution >= 4 is 23.0 Å². The number of aliphatic imine (C=N–C) groups is 1. The fraction of sp³-hybridized carbons (Fsp3) is 0.464. The third-order valence-corrected chi connectivity index (χ3v) is 7.71. The topological polar surface area (TPSA) is 144 Å². The average molecular weight is 580 g/mol. The van der Waals surface area contributed by atoms with E-state index in [4.69, 9.17) is 34.4 Å². The fourth-order valence-electron chi connectivity index (χ4n) is 5.43. The van der Waals surface area contributed by atoms with E-state index < -0.39 is 0 Å². The third kappa shape index (κ3) is 5.53. The van der Waals surface area contributed by atoms with E-state index in [-0.39, 0.29) is 11.9 Å². The highest BCUT2D eigenvalue weighted by Gasteiger charge is 2.34. The highest BCUT2D eigenvalue weighted by atomic mass is 16.5. The molecule has 1 atom stereocenters. The number of benzene rings is 1. The Labute approximate surface area is 242 Å². The first kappa shape index (κ1) is 28.0. The number of nitrogens with zero attached hydrogens (tertiary/aromatic N) is 7. The summed E-state index contributed by atoms with van der Waals surface area (Å²) >= 11 is 0. The Balaban J connectivity index is 1.14. The molecule has 6 rings (SSSR count). The van der Waals surface area contributed by atoms with E-state index in [9.17, 15) is 4.79 Å². The first-order valence-corrected chi connectivity index (χ1v) is 14.1. The molecular formula is C28H37N9O5. The van der Waals surface area contributed by atoms with Gasteiger partial charge in [-0.15, -0.1) is 0 Å². The number of hydrogen-bond acceptors (Lipinski definition) is 11. The Morgan fingerprint density at radius 1 is 1.02 bits per heavy atom. The van der Waals surface area contributed by atoms with Gasteiger partial charge in [-0.05, 0) is 36.4 Å². The molecule has 0 bridgehead atoms. The largest absolute Gasteiger partial charge is 0.491 e. The minimum atomic E-state index is -0.381. The molecule has 0 saturated carbocycles. The molecule has 0 aliphatic carbocycles. The molecule has 1 saturated heterocycles. The van der Waals surface area contributed by atoms with Gasteiger partial charge in [0.25, 0.3) is 0 Å². The predicted molar refractivity (Wildman–Crippen MR) is 158 cm³/mol. The van der Waals surface area contributed by atoms with Crippen molar-refractivity contribution in [2.45, 2.75) is 19.1 Å². The molecule has 14 nitrogen and oxygen atoms in total. The molecule has 1 aromatic carbocycles. The molecule has 4 aromatic rings. The maximum Gasteiger partial charge on any atom is 0.343 e. The van der Waals surface area contributed by atoms with Crippen LogP contribution in [0.1, 0.15) is 17.9 Å². The monoisotopic (exact) mass is 579 g/mol. The number of H-pyrrole nitrogens is 1. The van der Waals surface area contributed by atoms with Gasteiger partial charge in [0.2, 0.25) is 5.78 Å². The van der Waals surface area contributed by atoms with Crippen LogP contribution in [-0.2, 0) is 16.0 Å². The summed E-state index contributed by atoms with van der Waals surface area (Å²) in [5, 5.41) is 4.47. The van der Waals surface area contributed by atoms with Crippen molar-refractivity contribution in [3.8, 4) is 5.75 Å². The second kappa shape index (κ2) is 12.4. The van der Waals surface area contributed by atoms with Gasteiger partial charge in [-0.25, -0.2) is 20.3 Å². The van der Waals surface area contributed by atoms with Gasteiger partial charge in [-0.3, -0.25) is 19.5 Å². The number of ether oxygens (including phenoxy) is 3. The molecule has 3 N–H and O–H groups in total. The van der Waals surface area contributed by atoms with Crippen LogP contribution in [0.15, 0.2) is 56.9 Å². The van der Waals surface area contributed by atoms with Gasteiger partial charge >= 0.3 is 5.69 Å². The Morgan fingerprint density at radius 2 is 1.81 bits per heavy atom. The molecule has 5 heterocycles. The lowest BCUT2D eigenvalue weighted by molar-refractivity contribution is 0.146. The quantitative estimate of drug-likeness (QED) is 0.185. The second-order valence-corrected chi connectivity index (χ2v) is 10.3. The van der Waals surface area contributed by atoms with Crippen LogP contribution >= 0.6 is 0 Å². The second-order valence-electron chi connectivity index (χ2n) is 10.3. The number of piperazine rings is 1. The standard InChI is InChI=1S/C28H37N9O5/c1-39-17-9-23-30-24(22-4-3-16-42-22)25-26(36(23)29)31-27-35(28(38)32-37(25)27)15-12-33-10-13-34(14-11-33)20-5-7-21(8-6-20)41-19-18-40-2/h3-8,16,23H,9-15,17-19,29H2,1-2H3,(H,32,38). The first-order valence-electron chi connectivity index (χ1n) is 14.1. The van der Waals surface area contributed by atoms with E-state index in [2.05, 4.69) is 27.0 Å². The SMILES string of the molecule is COCCOc1ccc(N2CCN(CCn3c(=O)[nH]n4c5c(nc34)N(N)C(CCOC)N=C5c3ccco3)CC2)cc1. The van der Waals surface area contributed by atoms with Gasteiger partial charge in [0.1, 0.15) is 29.9 Å². The zero-order chi connectivity index (χ0) is 29.1. The number of furan rings is 1. The van der Waals surface area contributed by atoms with Crippen LogP contribution < -0.4 is 26.2 Å². The van der Waals surface area contributed by atoms with Crippen LogP contribution in [0.2, 0.25) is 0 Å². The maximum atomic E-state index is 13.1. The van der Waals surface area contributed by atoms with Gasteiger partial charge in [0.05, 0.1) is 19.5 Å². The molecule has 224 valence electrons. The summed E-state index contributed by atoms with van der Waals surface area (Å²) in [7, 11) is 3.30. The smallest absolute Gasteiger partial charge is 0.343 e. The normalized spacial score (nSPS) is 17.6. The maximum absolute atomic E-state index is 13.1. The molecule has 1 unspecified atom stereocenters. The van der Waals surface area contributed by atoms with E-state index in [1.54, 1.807) is 35.6 Å². The zero-order valence-corrected chi connectivity index (χ0v) is 23.9. The molecular weight excluding hydrogens is 542 g/mol. The summed E-state index contributed by atoms with van der Waals surface area (Å²) in [5.41, 5.74) is 2.11. The lowest BCUT2D eigenvalue weighted by Crippen LogP contribution is -2.47. The Kier molecular flexibility index (Phi) is 8.28. The Morgan fingerprint density at radius 3 is 2.52 bits per heavy atom. The number of nitrogens with two attached hydrogens (primary N) is 1. The lowest BCUT2D eigenvalue weighted by atomic mass is 10.1. The van der Waals surface area contributed by atoms with E-state index in [1.165, 1.54) is 10.7 Å². The van der Waals surface area contributed by atoms with E-state index in [1.807, 2.05) is 18.2 Å².